The zero-order valence-electron chi connectivity index (χ0n) is 17.4. The minimum Gasteiger partial charge on any atom is -0.359 e. The predicted molar refractivity (Wildman–Crippen MR) is 122 cm³/mol. The molecule has 0 bridgehead atoms. The van der Waals surface area contributed by atoms with E-state index in [0.29, 0.717) is 16.6 Å². The Labute approximate surface area is 191 Å². The summed E-state index contributed by atoms with van der Waals surface area (Å²) in [6.07, 6.45) is 2.94. The van der Waals surface area contributed by atoms with E-state index in [-0.39, 0.29) is 28.2 Å². The van der Waals surface area contributed by atoms with E-state index in [1.165, 1.54) is 12.1 Å². The number of hydrogen-bond donors (Lipinski definition) is 3. The summed E-state index contributed by atoms with van der Waals surface area (Å²) in [5, 5.41) is 18.2. The van der Waals surface area contributed by atoms with Crippen LogP contribution in [0.15, 0.2) is 42.5 Å². The monoisotopic (exact) mass is 461 g/mol. The first-order chi connectivity index (χ1) is 14.7. The van der Waals surface area contributed by atoms with E-state index in [2.05, 4.69) is 24.5 Å². The molecule has 4 unspecified atom stereocenters. The maximum atomic E-state index is 13.6. The highest BCUT2D eigenvalue weighted by Crippen LogP contribution is 2.41. The van der Waals surface area contributed by atoms with Crippen molar-refractivity contribution in [3.8, 4) is 0 Å². The van der Waals surface area contributed by atoms with Gasteiger partial charge in [-0.2, -0.15) is 0 Å². The van der Waals surface area contributed by atoms with Crippen LogP contribution in [-0.2, 0) is 10.5 Å². The van der Waals surface area contributed by atoms with Gasteiger partial charge in [-0.1, -0.05) is 68.1 Å². The molecule has 1 fully saturated rings. The molecule has 1 aliphatic heterocycles. The molecular formula is C23H25Cl2N3O3. The minimum atomic E-state index is -2.25. The van der Waals surface area contributed by atoms with Gasteiger partial charge in [-0.3, -0.25) is 9.69 Å². The largest absolute Gasteiger partial charge is 0.359 e. The van der Waals surface area contributed by atoms with E-state index in [0.717, 1.165) is 24.2 Å². The summed E-state index contributed by atoms with van der Waals surface area (Å²) in [7, 11) is 0. The fourth-order valence-electron chi connectivity index (χ4n) is 4.54. The number of nitrogens with one attached hydrogen (secondary N) is 2. The highest BCUT2D eigenvalue weighted by molar-refractivity contribution is 6.42. The molecule has 4 atom stereocenters. The van der Waals surface area contributed by atoms with Crippen LogP contribution >= 0.6 is 23.2 Å². The summed E-state index contributed by atoms with van der Waals surface area (Å²) in [6.45, 7) is 4.28. The molecule has 8 heteroatoms. The number of fused-ring (bicyclic) bond motifs is 1. The normalized spacial score (nSPS) is 28.0. The molecule has 2 aromatic rings. The average Bonchev–Trinajstić information content (AvgIpc) is 2.74. The van der Waals surface area contributed by atoms with Crippen molar-refractivity contribution in [2.45, 2.75) is 44.9 Å². The molecule has 3 amide bonds. The lowest BCUT2D eigenvalue weighted by Crippen LogP contribution is -2.64. The molecule has 0 aromatic heterocycles. The van der Waals surface area contributed by atoms with Crippen LogP contribution in [-0.4, -0.2) is 23.1 Å². The number of rotatable bonds is 3. The van der Waals surface area contributed by atoms with Crippen molar-refractivity contribution in [3.05, 3.63) is 58.1 Å². The maximum Gasteiger partial charge on any atom is 0.329 e. The highest BCUT2D eigenvalue weighted by atomic mass is 35.5. The third kappa shape index (κ3) is 3.77. The number of nitrogens with zero attached hydrogens (tertiary/aromatic N) is 1. The Balaban J connectivity index is 1.79. The lowest BCUT2D eigenvalue weighted by Gasteiger charge is -2.44. The Kier molecular flexibility index (Phi) is 5.90. The summed E-state index contributed by atoms with van der Waals surface area (Å²) in [6, 6.07) is 10.5. The zero-order valence-corrected chi connectivity index (χ0v) is 18.9. The summed E-state index contributed by atoms with van der Waals surface area (Å²) in [4.78, 5) is 27.8. The van der Waals surface area contributed by atoms with E-state index >= 15 is 0 Å². The van der Waals surface area contributed by atoms with Gasteiger partial charge in [-0.15, -0.1) is 0 Å². The Morgan fingerprint density at radius 2 is 1.90 bits per heavy atom. The highest BCUT2D eigenvalue weighted by Gasteiger charge is 2.52. The van der Waals surface area contributed by atoms with Gasteiger partial charge in [0.05, 0.1) is 21.4 Å². The number of aliphatic hydroxyl groups is 1. The molecule has 3 N–H and O–H groups in total. The third-order valence-electron chi connectivity index (χ3n) is 6.57. The number of carbonyl (C=O) groups is 2. The number of para-hydroxylation sites is 1. The fraction of sp³-hybridized carbons (Fsp3) is 0.391. The first-order valence-electron chi connectivity index (χ1n) is 10.4. The molecule has 6 nitrogen and oxygen atoms in total. The molecule has 2 aliphatic rings. The van der Waals surface area contributed by atoms with E-state index in [1.807, 2.05) is 0 Å². The number of benzene rings is 2. The lowest BCUT2D eigenvalue weighted by molar-refractivity contribution is -0.141. The number of carbonyl (C=O) groups excluding carboxylic acids is 2. The van der Waals surface area contributed by atoms with Crippen LogP contribution in [0.3, 0.4) is 0 Å². The van der Waals surface area contributed by atoms with E-state index in [1.54, 1.807) is 30.3 Å². The van der Waals surface area contributed by atoms with Crippen molar-refractivity contribution in [1.29, 1.82) is 0 Å². The van der Waals surface area contributed by atoms with Gasteiger partial charge in [-0.05, 0) is 42.5 Å². The van der Waals surface area contributed by atoms with Gasteiger partial charge in [0.2, 0.25) is 0 Å². The SMILES string of the molecule is CC1CCCC(NC(=O)C2(O)c3ccccc3NC(=O)N2c2ccc(Cl)c(Cl)c2)C1C. The van der Waals surface area contributed by atoms with Gasteiger partial charge >= 0.3 is 6.03 Å². The summed E-state index contributed by atoms with van der Waals surface area (Å²) in [5.74, 6) is 0.0704. The van der Waals surface area contributed by atoms with Crippen molar-refractivity contribution in [2.75, 3.05) is 10.2 Å². The van der Waals surface area contributed by atoms with Crippen molar-refractivity contribution in [3.63, 3.8) is 0 Å². The van der Waals surface area contributed by atoms with Crippen LogP contribution in [0.25, 0.3) is 0 Å². The second-order valence-electron chi connectivity index (χ2n) is 8.43. The fourth-order valence-corrected chi connectivity index (χ4v) is 4.83. The lowest BCUT2D eigenvalue weighted by atomic mass is 9.78. The first-order valence-corrected chi connectivity index (χ1v) is 11.2. The van der Waals surface area contributed by atoms with Gasteiger partial charge in [0.1, 0.15) is 0 Å². The Morgan fingerprint density at radius 3 is 2.65 bits per heavy atom. The van der Waals surface area contributed by atoms with Gasteiger partial charge in [-0.25, -0.2) is 4.79 Å². The summed E-state index contributed by atoms with van der Waals surface area (Å²) < 4.78 is 0. The van der Waals surface area contributed by atoms with Crippen LogP contribution in [0.4, 0.5) is 16.2 Å². The van der Waals surface area contributed by atoms with Gasteiger partial charge in [0, 0.05) is 11.6 Å². The molecule has 0 spiro atoms. The zero-order chi connectivity index (χ0) is 22.3. The van der Waals surface area contributed by atoms with E-state index in [4.69, 9.17) is 23.2 Å². The number of amides is 3. The van der Waals surface area contributed by atoms with Gasteiger partial charge in [0.15, 0.2) is 0 Å². The van der Waals surface area contributed by atoms with Crippen LogP contribution < -0.4 is 15.5 Å². The van der Waals surface area contributed by atoms with Crippen LogP contribution in [0, 0.1) is 11.8 Å². The molecule has 164 valence electrons. The van der Waals surface area contributed by atoms with Crippen molar-refractivity contribution < 1.29 is 14.7 Å². The number of urea groups is 1. The quantitative estimate of drug-likeness (QED) is 0.592. The predicted octanol–water partition coefficient (Wildman–Crippen LogP) is 5.13. The minimum absolute atomic E-state index is 0.0897. The Bertz CT molecular complexity index is 1030. The van der Waals surface area contributed by atoms with Crippen LogP contribution in [0.5, 0.6) is 0 Å². The Morgan fingerprint density at radius 1 is 1.16 bits per heavy atom. The summed E-state index contributed by atoms with van der Waals surface area (Å²) in [5.41, 5.74) is -1.33. The topological polar surface area (TPSA) is 81.7 Å². The van der Waals surface area contributed by atoms with E-state index < -0.39 is 17.7 Å². The third-order valence-corrected chi connectivity index (χ3v) is 7.31. The smallest absolute Gasteiger partial charge is 0.329 e. The number of hydrogen-bond acceptors (Lipinski definition) is 3. The summed E-state index contributed by atoms with van der Waals surface area (Å²) >= 11 is 12.2. The van der Waals surface area contributed by atoms with Crippen molar-refractivity contribution in [1.82, 2.24) is 5.32 Å². The van der Waals surface area contributed by atoms with E-state index in [9.17, 15) is 14.7 Å². The molecular weight excluding hydrogens is 437 g/mol. The number of anilines is 2. The van der Waals surface area contributed by atoms with Crippen molar-refractivity contribution in [2.24, 2.45) is 11.8 Å². The maximum absolute atomic E-state index is 13.6. The number of halogens is 2. The van der Waals surface area contributed by atoms with Crippen LogP contribution in [0.1, 0.15) is 38.7 Å². The van der Waals surface area contributed by atoms with Crippen molar-refractivity contribution >= 4 is 46.5 Å². The molecule has 1 aliphatic carbocycles. The second kappa shape index (κ2) is 8.34. The van der Waals surface area contributed by atoms with Crippen LogP contribution in [0.2, 0.25) is 10.0 Å². The molecule has 2 aromatic carbocycles. The molecule has 4 rings (SSSR count). The molecule has 1 heterocycles. The Hall–Kier alpha value is -2.28. The standard InChI is InChI=1S/C23H25Cl2N3O3/c1-13-6-5-9-19(14(13)2)26-21(29)23(31)16-7-3-4-8-20(16)27-22(30)28(23)15-10-11-17(24)18(25)12-15/h3-4,7-8,10-14,19,31H,5-6,9H2,1-2H3,(H,26,29)(H,27,30). The molecule has 0 saturated heterocycles. The van der Waals surface area contributed by atoms with Gasteiger partial charge < -0.3 is 15.7 Å². The molecule has 1 saturated carbocycles. The molecule has 31 heavy (non-hydrogen) atoms. The average molecular weight is 462 g/mol. The second-order valence-corrected chi connectivity index (χ2v) is 9.24. The molecule has 0 radical (unpaired) electrons. The first kappa shape index (κ1) is 21.9. The van der Waals surface area contributed by atoms with Gasteiger partial charge in [0.25, 0.3) is 11.6 Å².